The van der Waals surface area contributed by atoms with Crippen LogP contribution in [0.4, 0.5) is 0 Å². The zero-order chi connectivity index (χ0) is 15.2. The third kappa shape index (κ3) is 4.32. The van der Waals surface area contributed by atoms with E-state index in [1.54, 1.807) is 24.3 Å². The summed E-state index contributed by atoms with van der Waals surface area (Å²) in [6.45, 7) is 2.09. The van der Waals surface area contributed by atoms with Crippen LogP contribution >= 0.6 is 11.6 Å². The minimum atomic E-state index is -0.364. The summed E-state index contributed by atoms with van der Waals surface area (Å²) in [7, 11) is 0. The van der Waals surface area contributed by atoms with Crippen molar-refractivity contribution in [1.82, 2.24) is 15.8 Å². The number of rotatable bonds is 5. The fourth-order valence-corrected chi connectivity index (χ4v) is 1.86. The number of carbonyl (C=O) groups excluding carboxylic acids is 2. The number of nitrogens with zero attached hydrogens (tertiary/aromatic N) is 1. The first kappa shape index (κ1) is 15.1. The van der Waals surface area contributed by atoms with E-state index in [9.17, 15) is 9.59 Å². The lowest BCUT2D eigenvalue weighted by molar-refractivity contribution is -0.118. The Balaban J connectivity index is 1.96. The molecule has 7 heteroatoms. The summed E-state index contributed by atoms with van der Waals surface area (Å²) in [6.07, 6.45) is 0. The summed E-state index contributed by atoms with van der Waals surface area (Å²) in [5.41, 5.74) is 0.917. The summed E-state index contributed by atoms with van der Waals surface area (Å²) in [6, 6.07) is 8.61. The first-order chi connectivity index (χ1) is 10.1. The van der Waals surface area contributed by atoms with Crippen LogP contribution in [0.25, 0.3) is 11.3 Å². The fourth-order valence-electron chi connectivity index (χ4n) is 1.67. The molecule has 0 bridgehead atoms. The van der Waals surface area contributed by atoms with E-state index in [1.807, 2.05) is 6.07 Å². The van der Waals surface area contributed by atoms with Crippen molar-refractivity contribution in [2.24, 2.45) is 0 Å². The van der Waals surface area contributed by atoms with Gasteiger partial charge in [0, 0.05) is 36.7 Å². The van der Waals surface area contributed by atoms with Gasteiger partial charge in [-0.2, -0.15) is 0 Å². The lowest BCUT2D eigenvalue weighted by atomic mass is 10.1. The van der Waals surface area contributed by atoms with Gasteiger partial charge in [-0.05, 0) is 12.1 Å². The van der Waals surface area contributed by atoms with Crippen LogP contribution in [-0.4, -0.2) is 30.1 Å². The van der Waals surface area contributed by atoms with E-state index < -0.39 is 0 Å². The second kappa shape index (κ2) is 6.90. The normalized spacial score (nSPS) is 10.2. The monoisotopic (exact) mass is 307 g/mol. The first-order valence-corrected chi connectivity index (χ1v) is 6.69. The molecule has 0 aliphatic carbocycles. The van der Waals surface area contributed by atoms with Gasteiger partial charge < -0.3 is 15.2 Å². The quantitative estimate of drug-likeness (QED) is 0.826. The van der Waals surface area contributed by atoms with Crippen LogP contribution in [0.2, 0.25) is 5.02 Å². The Hall–Kier alpha value is -2.34. The van der Waals surface area contributed by atoms with Gasteiger partial charge in [0.05, 0.1) is 0 Å². The van der Waals surface area contributed by atoms with Gasteiger partial charge in [-0.25, -0.2) is 0 Å². The van der Waals surface area contributed by atoms with Crippen molar-refractivity contribution in [3.8, 4) is 11.3 Å². The third-order valence-corrected chi connectivity index (χ3v) is 2.87. The zero-order valence-electron chi connectivity index (χ0n) is 11.4. The molecule has 110 valence electrons. The van der Waals surface area contributed by atoms with Crippen LogP contribution in [0.15, 0.2) is 34.9 Å². The van der Waals surface area contributed by atoms with E-state index in [2.05, 4.69) is 15.8 Å². The second-order valence-electron chi connectivity index (χ2n) is 4.33. The molecule has 0 saturated carbocycles. The average molecular weight is 308 g/mol. The second-order valence-corrected chi connectivity index (χ2v) is 4.76. The number of amides is 2. The highest BCUT2D eigenvalue weighted by atomic mass is 35.5. The Morgan fingerprint density at radius 2 is 2.00 bits per heavy atom. The third-order valence-electron chi connectivity index (χ3n) is 2.64. The summed E-state index contributed by atoms with van der Waals surface area (Å²) in [5, 5.41) is 9.50. The Morgan fingerprint density at radius 3 is 2.71 bits per heavy atom. The first-order valence-electron chi connectivity index (χ1n) is 6.31. The molecule has 0 atom stereocenters. The molecule has 2 aromatic rings. The molecule has 0 saturated heterocycles. The molecule has 0 spiro atoms. The van der Waals surface area contributed by atoms with E-state index in [1.165, 1.54) is 6.92 Å². The SMILES string of the molecule is CC(=O)NCCNC(=O)c1cc(-c2cccc(Cl)c2)on1. The van der Waals surface area contributed by atoms with E-state index in [0.717, 1.165) is 5.56 Å². The summed E-state index contributed by atoms with van der Waals surface area (Å²) < 4.78 is 5.13. The van der Waals surface area contributed by atoms with Gasteiger partial charge in [-0.3, -0.25) is 9.59 Å². The maximum atomic E-state index is 11.8. The molecule has 1 aromatic carbocycles. The summed E-state index contributed by atoms with van der Waals surface area (Å²) in [4.78, 5) is 22.5. The van der Waals surface area contributed by atoms with Crippen molar-refractivity contribution in [2.75, 3.05) is 13.1 Å². The highest BCUT2D eigenvalue weighted by Crippen LogP contribution is 2.23. The smallest absolute Gasteiger partial charge is 0.273 e. The summed E-state index contributed by atoms with van der Waals surface area (Å²) >= 11 is 5.90. The molecule has 0 aliphatic heterocycles. The van der Waals surface area contributed by atoms with Crippen molar-refractivity contribution >= 4 is 23.4 Å². The topological polar surface area (TPSA) is 84.2 Å². The van der Waals surface area contributed by atoms with Gasteiger partial charge in [0.1, 0.15) is 0 Å². The molecule has 0 fully saturated rings. The minimum Gasteiger partial charge on any atom is -0.355 e. The maximum Gasteiger partial charge on any atom is 0.273 e. The minimum absolute atomic E-state index is 0.145. The molecular weight excluding hydrogens is 294 g/mol. The molecule has 2 amide bonds. The molecule has 0 radical (unpaired) electrons. The van der Waals surface area contributed by atoms with Crippen LogP contribution in [0.3, 0.4) is 0 Å². The van der Waals surface area contributed by atoms with E-state index in [0.29, 0.717) is 23.9 Å². The number of hydrogen-bond acceptors (Lipinski definition) is 4. The highest BCUT2D eigenvalue weighted by Gasteiger charge is 2.13. The van der Waals surface area contributed by atoms with Crippen LogP contribution in [0.1, 0.15) is 17.4 Å². The number of nitrogens with one attached hydrogen (secondary N) is 2. The molecular formula is C14H14ClN3O3. The predicted octanol–water partition coefficient (Wildman–Crippen LogP) is 1.86. The maximum absolute atomic E-state index is 11.8. The zero-order valence-corrected chi connectivity index (χ0v) is 12.1. The molecule has 0 unspecified atom stereocenters. The molecule has 2 N–H and O–H groups in total. The van der Waals surface area contributed by atoms with Gasteiger partial charge in [-0.15, -0.1) is 0 Å². The van der Waals surface area contributed by atoms with Crippen molar-refractivity contribution < 1.29 is 14.1 Å². The largest absolute Gasteiger partial charge is 0.355 e. The van der Waals surface area contributed by atoms with Gasteiger partial charge in [0.15, 0.2) is 11.5 Å². The lowest BCUT2D eigenvalue weighted by Gasteiger charge is -2.02. The fraction of sp³-hybridized carbons (Fsp3) is 0.214. The Labute approximate surface area is 126 Å². The average Bonchev–Trinajstić information content (AvgIpc) is 2.93. The van der Waals surface area contributed by atoms with Crippen LogP contribution in [-0.2, 0) is 4.79 Å². The number of carbonyl (C=O) groups is 2. The van der Waals surface area contributed by atoms with Crippen LogP contribution < -0.4 is 10.6 Å². The van der Waals surface area contributed by atoms with E-state index >= 15 is 0 Å². The molecule has 21 heavy (non-hydrogen) atoms. The van der Waals surface area contributed by atoms with Crippen LogP contribution in [0, 0.1) is 0 Å². The van der Waals surface area contributed by atoms with Gasteiger partial charge in [0.25, 0.3) is 5.91 Å². The van der Waals surface area contributed by atoms with Crippen molar-refractivity contribution in [3.63, 3.8) is 0 Å². The number of aromatic nitrogens is 1. The van der Waals surface area contributed by atoms with Crippen LogP contribution in [0.5, 0.6) is 0 Å². The lowest BCUT2D eigenvalue weighted by Crippen LogP contribution is -2.33. The Bertz CT molecular complexity index is 654. The van der Waals surface area contributed by atoms with Crippen molar-refractivity contribution in [1.29, 1.82) is 0 Å². The Kier molecular flexibility index (Phi) is 4.94. The van der Waals surface area contributed by atoms with Gasteiger partial charge in [-0.1, -0.05) is 28.9 Å². The molecule has 1 aromatic heterocycles. The highest BCUT2D eigenvalue weighted by molar-refractivity contribution is 6.30. The van der Waals surface area contributed by atoms with Gasteiger partial charge >= 0.3 is 0 Å². The van der Waals surface area contributed by atoms with Crippen molar-refractivity contribution in [2.45, 2.75) is 6.92 Å². The van der Waals surface area contributed by atoms with Crippen molar-refractivity contribution in [3.05, 3.63) is 41.0 Å². The standard InChI is InChI=1S/C14H14ClN3O3/c1-9(19)16-5-6-17-14(20)12-8-13(21-18-12)10-3-2-4-11(15)7-10/h2-4,7-8H,5-6H2,1H3,(H,16,19)(H,17,20). The van der Waals surface area contributed by atoms with Gasteiger partial charge in [0.2, 0.25) is 5.91 Å². The molecule has 6 nitrogen and oxygen atoms in total. The van der Waals surface area contributed by atoms with E-state index in [4.69, 9.17) is 16.1 Å². The Morgan fingerprint density at radius 1 is 1.24 bits per heavy atom. The summed E-state index contributed by atoms with van der Waals surface area (Å²) in [5.74, 6) is -0.0455. The number of hydrogen-bond donors (Lipinski definition) is 2. The van der Waals surface area contributed by atoms with E-state index in [-0.39, 0.29) is 17.5 Å². The number of halogens is 1. The predicted molar refractivity (Wildman–Crippen MR) is 78.0 cm³/mol. The molecule has 1 heterocycles. The molecule has 0 aliphatic rings. The molecule has 2 rings (SSSR count). The number of benzene rings is 1.